The number of benzene rings is 3. The van der Waals surface area contributed by atoms with Crippen molar-refractivity contribution in [3.63, 3.8) is 0 Å². The number of halogens is 2. The van der Waals surface area contributed by atoms with Crippen molar-refractivity contribution in [2.45, 2.75) is 4.90 Å². The Morgan fingerprint density at radius 1 is 1.00 bits per heavy atom. The predicted octanol–water partition coefficient (Wildman–Crippen LogP) is 4.73. The maximum Gasteiger partial charge on any atom is 0.265 e. The van der Waals surface area contributed by atoms with Gasteiger partial charge in [-0.25, -0.2) is 8.42 Å². The van der Waals surface area contributed by atoms with Crippen LogP contribution in [0.2, 0.25) is 10.0 Å². The van der Waals surface area contributed by atoms with Crippen LogP contribution in [0.5, 0.6) is 5.75 Å². The number of rotatable bonds is 4. The molecule has 25 heavy (non-hydrogen) atoms. The smallest absolute Gasteiger partial charge is 0.265 e. The number of nitrogens with zero attached hydrogens (tertiary/aromatic N) is 1. The van der Waals surface area contributed by atoms with Crippen molar-refractivity contribution in [3.8, 4) is 5.75 Å². The molecule has 0 fully saturated rings. The summed E-state index contributed by atoms with van der Waals surface area (Å²) in [6.07, 6.45) is 0. The molecular weight excluding hydrogens is 381 g/mol. The number of anilines is 1. The van der Waals surface area contributed by atoms with Crippen LogP contribution >= 0.6 is 23.2 Å². The Morgan fingerprint density at radius 3 is 2.52 bits per heavy atom. The van der Waals surface area contributed by atoms with Gasteiger partial charge in [0.1, 0.15) is 12.4 Å². The van der Waals surface area contributed by atoms with Crippen LogP contribution in [0.15, 0.2) is 59.5 Å². The van der Waals surface area contributed by atoms with E-state index in [1.54, 1.807) is 30.3 Å². The lowest BCUT2D eigenvalue weighted by atomic mass is 10.1. The summed E-state index contributed by atoms with van der Waals surface area (Å²) in [7, 11) is -3.57. The first-order valence-corrected chi connectivity index (χ1v) is 9.80. The van der Waals surface area contributed by atoms with Crippen LogP contribution in [0.4, 0.5) is 5.69 Å². The Kier molecular flexibility index (Phi) is 4.02. The first-order chi connectivity index (χ1) is 12.0. The van der Waals surface area contributed by atoms with Crippen molar-refractivity contribution in [3.05, 3.63) is 64.6 Å². The molecule has 0 aromatic heterocycles. The van der Waals surface area contributed by atoms with Crippen LogP contribution in [0.25, 0.3) is 10.8 Å². The summed E-state index contributed by atoms with van der Waals surface area (Å²) in [6, 6.07) is 15.8. The average molecular weight is 394 g/mol. The predicted molar refractivity (Wildman–Crippen MR) is 100 cm³/mol. The van der Waals surface area contributed by atoms with Crippen LogP contribution in [0.3, 0.4) is 0 Å². The van der Waals surface area contributed by atoms with Gasteiger partial charge in [0.15, 0.2) is 0 Å². The first-order valence-electron chi connectivity index (χ1n) is 7.61. The molecule has 0 N–H and O–H groups in total. The van der Waals surface area contributed by atoms with Gasteiger partial charge in [-0.15, -0.1) is 0 Å². The normalized spacial score (nSPS) is 14.9. The van der Waals surface area contributed by atoms with Gasteiger partial charge in [0.25, 0.3) is 10.0 Å². The fourth-order valence-corrected chi connectivity index (χ4v) is 5.19. The molecule has 1 heterocycles. The van der Waals surface area contributed by atoms with Gasteiger partial charge in [-0.1, -0.05) is 47.5 Å². The highest BCUT2D eigenvalue weighted by molar-refractivity contribution is 7.93. The molecule has 0 radical (unpaired) electrons. The van der Waals surface area contributed by atoms with Crippen molar-refractivity contribution in [1.82, 2.24) is 0 Å². The minimum absolute atomic E-state index is 0.172. The largest absolute Gasteiger partial charge is 0.490 e. The van der Waals surface area contributed by atoms with E-state index in [1.165, 1.54) is 4.31 Å². The van der Waals surface area contributed by atoms with Gasteiger partial charge in [0.05, 0.1) is 22.2 Å². The van der Waals surface area contributed by atoms with Crippen molar-refractivity contribution < 1.29 is 13.2 Å². The third-order valence-electron chi connectivity index (χ3n) is 4.13. The van der Waals surface area contributed by atoms with E-state index in [1.807, 2.05) is 24.3 Å². The van der Waals surface area contributed by atoms with Crippen LogP contribution in [-0.2, 0) is 10.0 Å². The number of hydrogen-bond acceptors (Lipinski definition) is 3. The van der Waals surface area contributed by atoms with Crippen LogP contribution in [0, 0.1) is 0 Å². The third kappa shape index (κ3) is 2.72. The third-order valence-corrected chi connectivity index (χ3v) is 6.51. The molecule has 7 heteroatoms. The zero-order valence-corrected chi connectivity index (χ0v) is 15.3. The molecule has 0 unspecified atom stereocenters. The van der Waals surface area contributed by atoms with Crippen LogP contribution in [0.1, 0.15) is 0 Å². The van der Waals surface area contributed by atoms with Gasteiger partial charge in [-0.3, -0.25) is 4.31 Å². The molecule has 1 aliphatic rings. The minimum Gasteiger partial charge on any atom is -0.490 e. The van der Waals surface area contributed by atoms with E-state index in [-0.39, 0.29) is 13.2 Å². The molecule has 0 atom stereocenters. The molecule has 4 nitrogen and oxygen atoms in total. The zero-order valence-electron chi connectivity index (χ0n) is 12.9. The highest BCUT2D eigenvalue weighted by Crippen LogP contribution is 2.41. The molecule has 3 aromatic rings. The molecule has 0 aliphatic carbocycles. The van der Waals surface area contributed by atoms with E-state index in [9.17, 15) is 8.42 Å². The van der Waals surface area contributed by atoms with E-state index in [4.69, 9.17) is 27.9 Å². The van der Waals surface area contributed by atoms with Gasteiger partial charge in [0, 0.05) is 10.4 Å². The molecule has 0 amide bonds. The van der Waals surface area contributed by atoms with Gasteiger partial charge in [-0.05, 0) is 35.7 Å². The summed E-state index contributed by atoms with van der Waals surface area (Å²) < 4.78 is 32.7. The Bertz CT molecular complexity index is 1080. The summed E-state index contributed by atoms with van der Waals surface area (Å²) >= 11 is 11.9. The molecule has 0 saturated carbocycles. The fraction of sp³-hybridized carbons (Fsp3) is 0.111. The topological polar surface area (TPSA) is 46.6 Å². The maximum absolute atomic E-state index is 12.8. The molecule has 0 spiro atoms. The molecule has 0 saturated heterocycles. The number of sulfonamides is 1. The lowest BCUT2D eigenvalue weighted by molar-refractivity contribution is 0.329. The van der Waals surface area contributed by atoms with Gasteiger partial charge in [-0.2, -0.15) is 0 Å². The van der Waals surface area contributed by atoms with Crippen molar-refractivity contribution >= 4 is 49.7 Å². The first kappa shape index (κ1) is 16.5. The van der Waals surface area contributed by atoms with Crippen molar-refractivity contribution in [2.75, 3.05) is 17.5 Å². The lowest BCUT2D eigenvalue weighted by Gasteiger charge is -2.19. The van der Waals surface area contributed by atoms with E-state index in [0.717, 1.165) is 10.8 Å². The Labute approximate surface area is 155 Å². The van der Waals surface area contributed by atoms with Crippen LogP contribution in [-0.4, -0.2) is 21.6 Å². The highest BCUT2D eigenvalue weighted by Gasteiger charge is 2.35. The average Bonchev–Trinajstić information content (AvgIpc) is 2.80. The van der Waals surface area contributed by atoms with Crippen LogP contribution < -0.4 is 9.04 Å². The van der Waals surface area contributed by atoms with Gasteiger partial charge in [0.2, 0.25) is 0 Å². The molecule has 0 bridgehead atoms. The monoisotopic (exact) mass is 393 g/mol. The van der Waals surface area contributed by atoms with E-state index in [0.29, 0.717) is 26.4 Å². The second kappa shape index (κ2) is 6.09. The quantitative estimate of drug-likeness (QED) is 0.643. The SMILES string of the molecule is O=S1(=O)c2cccc3cccc(c23)N1CCOc1ccc(Cl)cc1Cl. The fourth-order valence-electron chi connectivity index (χ4n) is 3.03. The summed E-state index contributed by atoms with van der Waals surface area (Å²) in [5.41, 5.74) is 0.680. The summed E-state index contributed by atoms with van der Waals surface area (Å²) in [5.74, 6) is 0.471. The molecule has 128 valence electrons. The summed E-state index contributed by atoms with van der Waals surface area (Å²) in [4.78, 5) is 0.338. The summed E-state index contributed by atoms with van der Waals surface area (Å²) in [6.45, 7) is 0.361. The number of ether oxygens (including phenoxy) is 1. The van der Waals surface area contributed by atoms with E-state index < -0.39 is 10.0 Å². The maximum atomic E-state index is 12.8. The summed E-state index contributed by atoms with van der Waals surface area (Å²) in [5, 5.41) is 2.57. The second-order valence-corrected chi connectivity index (χ2v) is 8.31. The Balaban J connectivity index is 1.61. The van der Waals surface area contributed by atoms with Gasteiger partial charge < -0.3 is 4.74 Å². The Hall–Kier alpha value is -1.95. The van der Waals surface area contributed by atoms with E-state index >= 15 is 0 Å². The zero-order chi connectivity index (χ0) is 17.6. The Morgan fingerprint density at radius 2 is 1.76 bits per heavy atom. The van der Waals surface area contributed by atoms with Gasteiger partial charge >= 0.3 is 0 Å². The van der Waals surface area contributed by atoms with Crippen molar-refractivity contribution in [2.24, 2.45) is 0 Å². The number of hydrogen-bond donors (Lipinski definition) is 0. The van der Waals surface area contributed by atoms with E-state index in [2.05, 4.69) is 0 Å². The molecule has 1 aliphatic heterocycles. The molecule has 3 aromatic carbocycles. The lowest BCUT2D eigenvalue weighted by Crippen LogP contribution is -2.31. The minimum atomic E-state index is -3.57. The second-order valence-electron chi connectivity index (χ2n) is 5.63. The van der Waals surface area contributed by atoms with Crippen molar-refractivity contribution in [1.29, 1.82) is 0 Å². The molecule has 4 rings (SSSR count). The highest BCUT2D eigenvalue weighted by atomic mass is 35.5. The molecular formula is C18H13Cl2NO3S. The standard InChI is InChI=1S/C18H13Cl2NO3S/c19-13-7-8-16(14(20)11-13)24-10-9-21-15-5-1-3-12-4-2-6-17(18(12)15)25(21,22)23/h1-8,11H,9-10H2.